The van der Waals surface area contributed by atoms with Gasteiger partial charge in [-0.15, -0.1) is 0 Å². The summed E-state index contributed by atoms with van der Waals surface area (Å²) in [6, 6.07) is 6.56. The molecule has 0 spiro atoms. The van der Waals surface area contributed by atoms with Gasteiger partial charge in [-0.2, -0.15) is 5.10 Å². The van der Waals surface area contributed by atoms with Crippen LogP contribution in [0.15, 0.2) is 36.7 Å². The maximum absolute atomic E-state index is 12.0. The van der Waals surface area contributed by atoms with Crippen molar-refractivity contribution in [3.63, 3.8) is 0 Å². The molecule has 1 aliphatic carbocycles. The second-order valence-corrected chi connectivity index (χ2v) is 6.65. The van der Waals surface area contributed by atoms with Crippen LogP contribution >= 0.6 is 11.6 Å². The van der Waals surface area contributed by atoms with Crippen molar-refractivity contribution in [1.29, 1.82) is 0 Å². The summed E-state index contributed by atoms with van der Waals surface area (Å²) in [4.78, 5) is 15.9. The molecule has 0 unspecified atom stereocenters. The molecule has 2 aromatic heterocycles. The number of aromatic nitrogens is 3. The zero-order chi connectivity index (χ0) is 18.1. The summed E-state index contributed by atoms with van der Waals surface area (Å²) in [6.45, 7) is 0.758. The Bertz CT molecular complexity index is 1050. The maximum Gasteiger partial charge on any atom is 0.352 e. The van der Waals surface area contributed by atoms with Gasteiger partial charge in [0.2, 0.25) is 0 Å². The van der Waals surface area contributed by atoms with Crippen LogP contribution in [0.25, 0.3) is 10.9 Å². The molecular weight excluding hydrogens is 352 g/mol. The standard InChI is InChI=1S/C19H15ClN4O2/c20-14-9-15(21)18-16(10-14)23-24(11-12-1-2-12)17(18)5-8-26-19(25)13-3-6-22-7-4-13/h3-4,6-7,9-10,12H,1-2,11,21H2. The minimum absolute atomic E-state index is 0.386. The second kappa shape index (κ2) is 6.70. The minimum atomic E-state index is -0.534. The van der Waals surface area contributed by atoms with E-state index in [1.54, 1.807) is 24.3 Å². The first-order valence-corrected chi connectivity index (χ1v) is 8.57. The van der Waals surface area contributed by atoms with Gasteiger partial charge in [-0.1, -0.05) is 11.6 Å². The highest BCUT2D eigenvalue weighted by Gasteiger charge is 2.24. The van der Waals surface area contributed by atoms with Crippen LogP contribution in [0, 0.1) is 17.9 Å². The van der Waals surface area contributed by atoms with Crippen LogP contribution in [-0.4, -0.2) is 20.7 Å². The molecule has 0 bridgehead atoms. The lowest BCUT2D eigenvalue weighted by Gasteiger charge is -2.02. The predicted molar refractivity (Wildman–Crippen MR) is 98.4 cm³/mol. The number of hydrogen-bond donors (Lipinski definition) is 1. The number of carbonyl (C=O) groups is 1. The van der Waals surface area contributed by atoms with Gasteiger partial charge in [0.05, 0.1) is 16.5 Å². The van der Waals surface area contributed by atoms with E-state index in [-0.39, 0.29) is 0 Å². The van der Waals surface area contributed by atoms with Crippen molar-refractivity contribution in [2.24, 2.45) is 5.92 Å². The highest BCUT2D eigenvalue weighted by Crippen LogP contribution is 2.33. The number of hydrogen-bond acceptors (Lipinski definition) is 5. The van der Waals surface area contributed by atoms with E-state index < -0.39 is 5.97 Å². The molecule has 2 N–H and O–H groups in total. The van der Waals surface area contributed by atoms with E-state index in [1.165, 1.54) is 25.2 Å². The topological polar surface area (TPSA) is 83.0 Å². The number of nitrogens with zero attached hydrogens (tertiary/aromatic N) is 3. The van der Waals surface area contributed by atoms with E-state index in [9.17, 15) is 4.79 Å². The van der Waals surface area contributed by atoms with Gasteiger partial charge in [-0.25, -0.2) is 4.79 Å². The predicted octanol–water partition coefficient (Wildman–Crippen LogP) is 3.24. The third-order valence-corrected chi connectivity index (χ3v) is 4.41. The first kappa shape index (κ1) is 16.4. The quantitative estimate of drug-likeness (QED) is 0.437. The van der Waals surface area contributed by atoms with Crippen molar-refractivity contribution >= 4 is 34.2 Å². The lowest BCUT2D eigenvalue weighted by molar-refractivity contribution is 0.0690. The van der Waals surface area contributed by atoms with Crippen molar-refractivity contribution in [2.75, 3.05) is 5.73 Å². The summed E-state index contributed by atoms with van der Waals surface area (Å²) < 4.78 is 6.88. The Morgan fingerprint density at radius 1 is 1.35 bits per heavy atom. The maximum atomic E-state index is 12.0. The number of anilines is 1. The first-order chi connectivity index (χ1) is 12.6. The Balaban J connectivity index is 1.68. The Morgan fingerprint density at radius 3 is 2.85 bits per heavy atom. The normalized spacial score (nSPS) is 13.3. The third-order valence-electron chi connectivity index (χ3n) is 4.19. The van der Waals surface area contributed by atoms with Crippen molar-refractivity contribution in [3.05, 3.63) is 52.9 Å². The largest absolute Gasteiger partial charge is 0.398 e. The number of halogens is 1. The molecule has 1 fully saturated rings. The second-order valence-electron chi connectivity index (χ2n) is 6.22. The van der Waals surface area contributed by atoms with E-state index >= 15 is 0 Å². The van der Waals surface area contributed by atoms with Crippen molar-refractivity contribution in [2.45, 2.75) is 19.4 Å². The molecule has 0 saturated heterocycles. The van der Waals surface area contributed by atoms with Crippen molar-refractivity contribution < 1.29 is 9.53 Å². The zero-order valence-corrected chi connectivity index (χ0v) is 14.5. The molecule has 0 aliphatic heterocycles. The van der Waals surface area contributed by atoms with Crippen LogP contribution in [0.1, 0.15) is 28.9 Å². The number of benzene rings is 1. The molecule has 130 valence electrons. The van der Waals surface area contributed by atoms with Crippen LogP contribution in [0.4, 0.5) is 5.69 Å². The average molecular weight is 367 g/mol. The number of ether oxygens (including phenoxy) is 1. The number of esters is 1. The molecule has 26 heavy (non-hydrogen) atoms. The van der Waals surface area contributed by atoms with Crippen LogP contribution in [0.2, 0.25) is 5.02 Å². The Kier molecular flexibility index (Phi) is 4.23. The Morgan fingerprint density at radius 2 is 2.12 bits per heavy atom. The summed E-state index contributed by atoms with van der Waals surface area (Å²) >= 11 is 6.08. The molecule has 1 aliphatic rings. The number of pyridine rings is 1. The molecule has 3 aromatic rings. The number of rotatable bonds is 3. The molecule has 0 radical (unpaired) electrons. The Hall–Kier alpha value is -3.04. The van der Waals surface area contributed by atoms with E-state index in [2.05, 4.69) is 22.1 Å². The molecule has 6 nitrogen and oxygen atoms in total. The van der Waals surface area contributed by atoms with Crippen LogP contribution < -0.4 is 5.73 Å². The summed E-state index contributed by atoms with van der Waals surface area (Å²) in [7, 11) is 0. The number of carbonyl (C=O) groups excluding carboxylic acids is 1. The van der Waals surface area contributed by atoms with Gasteiger partial charge in [0.15, 0.2) is 0 Å². The van der Waals surface area contributed by atoms with Gasteiger partial charge >= 0.3 is 5.97 Å². The molecule has 1 aromatic carbocycles. The van der Waals surface area contributed by atoms with Gasteiger partial charge in [-0.05, 0) is 48.9 Å². The van der Waals surface area contributed by atoms with Crippen LogP contribution in [0.5, 0.6) is 0 Å². The summed E-state index contributed by atoms with van der Waals surface area (Å²) in [5.74, 6) is 2.96. The number of nitrogens with two attached hydrogens (primary N) is 1. The van der Waals surface area contributed by atoms with Crippen LogP contribution in [-0.2, 0) is 11.3 Å². The fourth-order valence-corrected chi connectivity index (χ4v) is 2.95. The van der Waals surface area contributed by atoms with E-state index in [0.717, 1.165) is 11.9 Å². The first-order valence-electron chi connectivity index (χ1n) is 8.19. The van der Waals surface area contributed by atoms with Gasteiger partial charge in [0.25, 0.3) is 0 Å². The monoisotopic (exact) mass is 366 g/mol. The molecular formula is C19H15ClN4O2. The van der Waals surface area contributed by atoms with Gasteiger partial charge in [-0.3, -0.25) is 9.67 Å². The fraction of sp³-hybridized carbons (Fsp3) is 0.211. The molecule has 0 atom stereocenters. The number of fused-ring (bicyclic) bond motifs is 1. The Labute approximate surface area is 154 Å². The molecule has 2 heterocycles. The third kappa shape index (κ3) is 3.35. The fourth-order valence-electron chi connectivity index (χ4n) is 2.73. The molecule has 4 rings (SSSR count). The van der Waals surface area contributed by atoms with Crippen molar-refractivity contribution in [1.82, 2.24) is 14.8 Å². The smallest absolute Gasteiger partial charge is 0.352 e. The number of nitrogen functional groups attached to an aromatic ring is 1. The van der Waals surface area contributed by atoms with E-state index in [4.69, 9.17) is 22.1 Å². The minimum Gasteiger partial charge on any atom is -0.398 e. The highest BCUT2D eigenvalue weighted by molar-refractivity contribution is 6.31. The van der Waals surface area contributed by atoms with Gasteiger partial charge in [0.1, 0.15) is 11.8 Å². The highest BCUT2D eigenvalue weighted by atomic mass is 35.5. The molecule has 7 heteroatoms. The lowest BCUT2D eigenvalue weighted by atomic mass is 10.1. The summed E-state index contributed by atoms with van der Waals surface area (Å²) in [5, 5.41) is 5.82. The SMILES string of the molecule is Nc1cc(Cl)cc2nn(CC3CC3)c(C#COC(=O)c3ccncc3)c12. The summed E-state index contributed by atoms with van der Waals surface area (Å²) in [5.41, 5.74) is 8.31. The van der Waals surface area contributed by atoms with Gasteiger partial charge in [0, 0.05) is 29.6 Å². The van der Waals surface area contributed by atoms with E-state index in [0.29, 0.717) is 33.4 Å². The summed E-state index contributed by atoms with van der Waals surface area (Å²) in [6.07, 6.45) is 7.88. The zero-order valence-electron chi connectivity index (χ0n) is 13.8. The van der Waals surface area contributed by atoms with Crippen LogP contribution in [0.3, 0.4) is 0 Å². The van der Waals surface area contributed by atoms with Crippen molar-refractivity contribution in [3.8, 4) is 12.0 Å². The molecule has 0 amide bonds. The van der Waals surface area contributed by atoms with Gasteiger partial charge < -0.3 is 10.5 Å². The molecule has 1 saturated carbocycles. The van der Waals surface area contributed by atoms with E-state index in [1.807, 2.05) is 4.68 Å². The average Bonchev–Trinajstić information content (AvgIpc) is 3.37. The lowest BCUT2D eigenvalue weighted by Crippen LogP contribution is -2.05.